The molecule has 0 amide bonds. The molecule has 0 saturated carbocycles. The summed E-state index contributed by atoms with van der Waals surface area (Å²) < 4.78 is 6.29. The van der Waals surface area contributed by atoms with Gasteiger partial charge in [0, 0.05) is 44.2 Å². The van der Waals surface area contributed by atoms with Crippen molar-refractivity contribution >= 4 is 21.9 Å². The first kappa shape index (κ1) is 32.1. The van der Waals surface area contributed by atoms with E-state index in [1.54, 1.807) is 0 Å². The molecule has 0 aliphatic carbocycles. The summed E-state index contributed by atoms with van der Waals surface area (Å²) in [6.07, 6.45) is 0. The Hall–Kier alpha value is -7.57. The summed E-state index contributed by atoms with van der Waals surface area (Å²) in [5.41, 5.74) is 10.9. The monoisotopic (exact) mass is 705 g/mol. The highest BCUT2D eigenvalue weighted by atomic mass is 16.3. The van der Waals surface area contributed by atoms with Crippen LogP contribution in [0.1, 0.15) is 0 Å². The molecule has 6 nitrogen and oxygen atoms in total. The van der Waals surface area contributed by atoms with Crippen molar-refractivity contribution in [1.82, 2.24) is 24.9 Å². The molecule has 258 valence electrons. The van der Waals surface area contributed by atoms with E-state index in [1.807, 2.05) is 103 Å². The molecule has 0 aliphatic rings. The van der Waals surface area contributed by atoms with Gasteiger partial charge < -0.3 is 4.42 Å². The molecule has 3 heterocycles. The third-order valence-corrected chi connectivity index (χ3v) is 9.74. The maximum Gasteiger partial charge on any atom is 0.164 e. The van der Waals surface area contributed by atoms with E-state index in [4.69, 9.17) is 29.3 Å². The first-order valence-electron chi connectivity index (χ1n) is 18.2. The molecule has 0 aliphatic heterocycles. The van der Waals surface area contributed by atoms with Gasteiger partial charge in [-0.05, 0) is 47.5 Å². The number of furan rings is 1. The standard InChI is InChI=1S/C49H31N5O/c1-4-14-32(15-5-1)35-20-12-22-38(28-35)48-50-42(31-43(51-48)37-26-27-41-40-24-10-11-25-44(40)55-45(41)30-37)36-21-13-23-39(29-36)49-53-46(33-16-6-2-7-17-33)52-47(54-49)34-18-8-3-9-19-34/h1-31H. The Kier molecular flexibility index (Phi) is 8.04. The molecular weight excluding hydrogens is 675 g/mol. The molecule has 0 saturated heterocycles. The van der Waals surface area contributed by atoms with Crippen LogP contribution in [0.15, 0.2) is 192 Å². The fourth-order valence-electron chi connectivity index (χ4n) is 6.98. The maximum absolute atomic E-state index is 6.29. The molecule has 0 radical (unpaired) electrons. The number of nitrogens with zero attached hydrogens (tertiary/aromatic N) is 5. The van der Waals surface area contributed by atoms with E-state index in [2.05, 4.69) is 84.9 Å². The van der Waals surface area contributed by atoms with Gasteiger partial charge >= 0.3 is 0 Å². The number of aromatic nitrogens is 5. The third-order valence-electron chi connectivity index (χ3n) is 9.74. The summed E-state index contributed by atoms with van der Waals surface area (Å²) >= 11 is 0. The summed E-state index contributed by atoms with van der Waals surface area (Å²) in [5, 5.41) is 2.16. The Labute approximate surface area is 317 Å². The first-order valence-corrected chi connectivity index (χ1v) is 18.2. The lowest BCUT2D eigenvalue weighted by Gasteiger charge is -2.12. The molecule has 0 atom stereocenters. The van der Waals surface area contributed by atoms with Crippen LogP contribution in [-0.2, 0) is 0 Å². The second-order valence-corrected chi connectivity index (χ2v) is 13.3. The molecule has 10 rings (SSSR count). The van der Waals surface area contributed by atoms with Crippen molar-refractivity contribution in [3.8, 4) is 79.2 Å². The summed E-state index contributed by atoms with van der Waals surface area (Å²) in [6, 6.07) is 63.5. The molecular formula is C49H31N5O. The molecule has 0 fully saturated rings. The second kappa shape index (κ2) is 13.8. The predicted octanol–water partition coefficient (Wildman–Crippen LogP) is 12.2. The largest absolute Gasteiger partial charge is 0.456 e. The van der Waals surface area contributed by atoms with Crippen LogP contribution >= 0.6 is 0 Å². The van der Waals surface area contributed by atoms with Crippen LogP contribution in [0, 0.1) is 0 Å². The smallest absolute Gasteiger partial charge is 0.164 e. The van der Waals surface area contributed by atoms with Crippen LogP contribution in [0.3, 0.4) is 0 Å². The van der Waals surface area contributed by atoms with Crippen LogP contribution in [0.5, 0.6) is 0 Å². The van der Waals surface area contributed by atoms with Crippen molar-refractivity contribution in [3.05, 3.63) is 188 Å². The van der Waals surface area contributed by atoms with E-state index in [9.17, 15) is 0 Å². The molecule has 6 heteroatoms. The van der Waals surface area contributed by atoms with E-state index < -0.39 is 0 Å². The number of para-hydroxylation sites is 1. The fraction of sp³-hybridized carbons (Fsp3) is 0. The van der Waals surface area contributed by atoms with Crippen molar-refractivity contribution in [2.75, 3.05) is 0 Å². The average molecular weight is 706 g/mol. The molecule has 55 heavy (non-hydrogen) atoms. The maximum atomic E-state index is 6.29. The number of benzene rings is 7. The fourth-order valence-corrected chi connectivity index (χ4v) is 6.98. The Morgan fingerprint density at radius 3 is 1.33 bits per heavy atom. The minimum atomic E-state index is 0.579. The van der Waals surface area contributed by atoms with Gasteiger partial charge in [0.2, 0.25) is 0 Å². The van der Waals surface area contributed by atoms with Gasteiger partial charge in [-0.25, -0.2) is 24.9 Å². The van der Waals surface area contributed by atoms with E-state index in [0.717, 1.165) is 77.8 Å². The zero-order valence-corrected chi connectivity index (χ0v) is 29.5. The summed E-state index contributed by atoms with van der Waals surface area (Å²) in [7, 11) is 0. The zero-order chi connectivity index (χ0) is 36.6. The van der Waals surface area contributed by atoms with Crippen LogP contribution in [0.4, 0.5) is 0 Å². The van der Waals surface area contributed by atoms with Gasteiger partial charge in [0.05, 0.1) is 11.4 Å². The Morgan fingerprint density at radius 1 is 0.255 bits per heavy atom. The van der Waals surface area contributed by atoms with Crippen LogP contribution in [-0.4, -0.2) is 24.9 Å². The second-order valence-electron chi connectivity index (χ2n) is 13.3. The average Bonchev–Trinajstić information content (AvgIpc) is 3.65. The van der Waals surface area contributed by atoms with Gasteiger partial charge in [-0.1, -0.05) is 152 Å². The highest BCUT2D eigenvalue weighted by molar-refractivity contribution is 6.05. The molecule has 3 aromatic heterocycles. The lowest BCUT2D eigenvalue weighted by molar-refractivity contribution is 0.669. The van der Waals surface area contributed by atoms with Gasteiger partial charge in [-0.15, -0.1) is 0 Å². The quantitative estimate of drug-likeness (QED) is 0.164. The van der Waals surface area contributed by atoms with E-state index in [0.29, 0.717) is 23.3 Å². The normalized spacial score (nSPS) is 11.3. The predicted molar refractivity (Wildman–Crippen MR) is 221 cm³/mol. The SMILES string of the molecule is c1ccc(-c2cccc(-c3nc(-c4cccc(-c5nc(-c6ccccc6)nc(-c6ccccc6)n5)c4)cc(-c4ccc5c(c4)oc4ccccc45)n3)c2)cc1. The number of rotatable bonds is 7. The van der Waals surface area contributed by atoms with Crippen LogP contribution in [0.25, 0.3) is 101 Å². The highest BCUT2D eigenvalue weighted by Gasteiger charge is 2.16. The van der Waals surface area contributed by atoms with Crippen LogP contribution < -0.4 is 0 Å². The van der Waals surface area contributed by atoms with E-state index in [1.165, 1.54) is 0 Å². The Morgan fingerprint density at radius 2 is 0.691 bits per heavy atom. The van der Waals surface area contributed by atoms with Crippen molar-refractivity contribution in [2.45, 2.75) is 0 Å². The number of hydrogen-bond donors (Lipinski definition) is 0. The van der Waals surface area contributed by atoms with E-state index >= 15 is 0 Å². The van der Waals surface area contributed by atoms with Gasteiger partial charge in [0.25, 0.3) is 0 Å². The van der Waals surface area contributed by atoms with Gasteiger partial charge in [-0.2, -0.15) is 0 Å². The topological polar surface area (TPSA) is 77.6 Å². The first-order chi connectivity index (χ1) is 27.2. The summed E-state index contributed by atoms with van der Waals surface area (Å²) in [6.45, 7) is 0. The molecule has 10 aromatic rings. The van der Waals surface area contributed by atoms with Crippen molar-refractivity contribution in [3.63, 3.8) is 0 Å². The molecule has 7 aromatic carbocycles. The van der Waals surface area contributed by atoms with Crippen molar-refractivity contribution < 1.29 is 4.42 Å². The Bertz CT molecular complexity index is 2920. The molecule has 0 N–H and O–H groups in total. The number of fused-ring (bicyclic) bond motifs is 3. The molecule has 0 unspecified atom stereocenters. The lowest BCUT2D eigenvalue weighted by Crippen LogP contribution is -2.00. The van der Waals surface area contributed by atoms with Gasteiger partial charge in [0.1, 0.15) is 11.2 Å². The number of hydrogen-bond acceptors (Lipinski definition) is 6. The minimum absolute atomic E-state index is 0.579. The van der Waals surface area contributed by atoms with E-state index in [-0.39, 0.29) is 0 Å². The van der Waals surface area contributed by atoms with Gasteiger partial charge in [-0.3, -0.25) is 0 Å². The van der Waals surface area contributed by atoms with Crippen molar-refractivity contribution in [1.29, 1.82) is 0 Å². The summed E-state index contributed by atoms with van der Waals surface area (Å²) in [5.74, 6) is 2.43. The Balaban J connectivity index is 1.13. The summed E-state index contributed by atoms with van der Waals surface area (Å²) in [4.78, 5) is 25.2. The van der Waals surface area contributed by atoms with Gasteiger partial charge in [0.15, 0.2) is 23.3 Å². The zero-order valence-electron chi connectivity index (χ0n) is 29.5. The van der Waals surface area contributed by atoms with Crippen molar-refractivity contribution in [2.24, 2.45) is 0 Å². The highest BCUT2D eigenvalue weighted by Crippen LogP contribution is 2.35. The molecule has 0 bridgehead atoms. The third kappa shape index (κ3) is 6.32. The lowest BCUT2D eigenvalue weighted by atomic mass is 10.0. The molecule has 0 spiro atoms. The van der Waals surface area contributed by atoms with Crippen LogP contribution in [0.2, 0.25) is 0 Å². The minimum Gasteiger partial charge on any atom is -0.456 e.